The molecule has 0 saturated heterocycles. The third kappa shape index (κ3) is 1.58. The molecule has 0 amide bonds. The standard InChI is InChI=1S/C9H12P/c1-8-6-4-5-7-9(8)10(2)3/h4-7H,1H2,2-3H3. The zero-order valence-electron chi connectivity index (χ0n) is 6.46. The van der Waals surface area contributed by atoms with E-state index in [1.807, 2.05) is 6.07 Å². The van der Waals surface area contributed by atoms with E-state index in [1.165, 1.54) is 10.9 Å². The van der Waals surface area contributed by atoms with E-state index in [0.717, 1.165) is 0 Å². The van der Waals surface area contributed by atoms with Gasteiger partial charge in [0.1, 0.15) is 0 Å². The molecular weight excluding hydrogens is 139 g/mol. The van der Waals surface area contributed by atoms with Crippen LogP contribution in [0.4, 0.5) is 0 Å². The summed E-state index contributed by atoms with van der Waals surface area (Å²) in [6, 6.07) is 8.34. The van der Waals surface area contributed by atoms with Crippen molar-refractivity contribution in [3.8, 4) is 0 Å². The minimum Gasteiger partial charge on any atom is -0.0814 e. The Hall–Kier alpha value is -0.350. The molecule has 0 aliphatic rings. The van der Waals surface area contributed by atoms with E-state index in [1.54, 1.807) is 0 Å². The van der Waals surface area contributed by atoms with Crippen molar-refractivity contribution < 1.29 is 0 Å². The smallest absolute Gasteiger partial charge is 0.0214 e. The van der Waals surface area contributed by atoms with Gasteiger partial charge in [0.05, 0.1) is 0 Å². The van der Waals surface area contributed by atoms with Gasteiger partial charge in [0.15, 0.2) is 0 Å². The first kappa shape index (κ1) is 7.75. The molecule has 10 heavy (non-hydrogen) atoms. The number of benzene rings is 1. The molecule has 1 radical (unpaired) electrons. The van der Waals surface area contributed by atoms with Crippen LogP contribution < -0.4 is 5.30 Å². The molecule has 0 N–H and O–H groups in total. The molecule has 0 unspecified atom stereocenters. The monoisotopic (exact) mass is 151 g/mol. The number of rotatable bonds is 1. The van der Waals surface area contributed by atoms with Gasteiger partial charge in [-0.15, -0.1) is 0 Å². The summed E-state index contributed by atoms with van der Waals surface area (Å²) in [6.45, 7) is 8.46. The van der Waals surface area contributed by atoms with Crippen LogP contribution in [0, 0.1) is 6.92 Å². The van der Waals surface area contributed by atoms with Crippen LogP contribution in [-0.4, -0.2) is 13.3 Å². The topological polar surface area (TPSA) is 0 Å². The van der Waals surface area contributed by atoms with E-state index >= 15 is 0 Å². The summed E-state index contributed by atoms with van der Waals surface area (Å²) in [6.07, 6.45) is 0. The van der Waals surface area contributed by atoms with Gasteiger partial charge in [-0.3, -0.25) is 0 Å². The lowest BCUT2D eigenvalue weighted by Gasteiger charge is -2.07. The van der Waals surface area contributed by atoms with Gasteiger partial charge in [0.25, 0.3) is 0 Å². The average Bonchev–Trinajstić information content (AvgIpc) is 1.88. The molecule has 53 valence electrons. The maximum atomic E-state index is 3.96. The van der Waals surface area contributed by atoms with Gasteiger partial charge in [-0.1, -0.05) is 32.2 Å². The third-order valence-electron chi connectivity index (χ3n) is 1.47. The minimum absolute atomic E-state index is 0.0211. The van der Waals surface area contributed by atoms with E-state index in [2.05, 4.69) is 38.5 Å². The first-order valence-corrected chi connectivity index (χ1v) is 5.54. The highest BCUT2D eigenvalue weighted by Crippen LogP contribution is 2.24. The van der Waals surface area contributed by atoms with Gasteiger partial charge in [-0.05, 0) is 31.1 Å². The molecular formula is C9H12P. The SMILES string of the molecule is [CH2]c1ccccc1P(C)C. The molecule has 0 atom stereocenters. The second-order valence-corrected chi connectivity index (χ2v) is 4.79. The molecule has 0 aliphatic carbocycles. The van der Waals surface area contributed by atoms with Gasteiger partial charge >= 0.3 is 0 Å². The average molecular weight is 151 g/mol. The minimum atomic E-state index is 0.0211. The van der Waals surface area contributed by atoms with Crippen LogP contribution in [0.25, 0.3) is 0 Å². The predicted octanol–water partition coefficient (Wildman–Crippen LogP) is 2.24. The van der Waals surface area contributed by atoms with Crippen molar-refractivity contribution in [3.05, 3.63) is 36.8 Å². The van der Waals surface area contributed by atoms with E-state index in [-0.39, 0.29) is 7.92 Å². The van der Waals surface area contributed by atoms with Gasteiger partial charge in [-0.25, -0.2) is 0 Å². The van der Waals surface area contributed by atoms with Crippen LogP contribution in [0.5, 0.6) is 0 Å². The summed E-state index contributed by atoms with van der Waals surface area (Å²) in [7, 11) is 0.0211. The first-order chi connectivity index (χ1) is 4.72. The summed E-state index contributed by atoms with van der Waals surface area (Å²) >= 11 is 0. The summed E-state index contributed by atoms with van der Waals surface area (Å²) < 4.78 is 0. The number of hydrogen-bond acceptors (Lipinski definition) is 0. The molecule has 1 aromatic rings. The Labute approximate surface area is 64.0 Å². The largest absolute Gasteiger partial charge is 0.0814 e. The fourth-order valence-electron chi connectivity index (χ4n) is 0.947. The molecule has 0 spiro atoms. The van der Waals surface area contributed by atoms with Gasteiger partial charge in [-0.2, -0.15) is 0 Å². The predicted molar refractivity (Wildman–Crippen MR) is 49.3 cm³/mol. The van der Waals surface area contributed by atoms with Crippen molar-refractivity contribution in [2.75, 3.05) is 13.3 Å². The van der Waals surface area contributed by atoms with Crippen molar-refractivity contribution in [2.45, 2.75) is 0 Å². The van der Waals surface area contributed by atoms with Crippen molar-refractivity contribution in [1.82, 2.24) is 0 Å². The Morgan fingerprint density at radius 3 is 2.20 bits per heavy atom. The Morgan fingerprint density at radius 2 is 1.80 bits per heavy atom. The van der Waals surface area contributed by atoms with E-state index in [0.29, 0.717) is 0 Å². The highest BCUT2D eigenvalue weighted by atomic mass is 31.1. The van der Waals surface area contributed by atoms with E-state index in [9.17, 15) is 0 Å². The molecule has 1 heteroatoms. The fraction of sp³-hybridized carbons (Fsp3) is 0.222. The van der Waals surface area contributed by atoms with Crippen LogP contribution in [0.3, 0.4) is 0 Å². The van der Waals surface area contributed by atoms with Gasteiger partial charge in [0.2, 0.25) is 0 Å². The van der Waals surface area contributed by atoms with Crippen LogP contribution in [-0.2, 0) is 0 Å². The fourth-order valence-corrected chi connectivity index (χ4v) is 1.98. The molecule has 0 heterocycles. The Bertz CT molecular complexity index is 216. The molecule has 0 fully saturated rings. The molecule has 0 saturated carbocycles. The summed E-state index contributed by atoms with van der Waals surface area (Å²) in [5.74, 6) is 0. The van der Waals surface area contributed by atoms with Crippen molar-refractivity contribution in [3.63, 3.8) is 0 Å². The molecule has 1 rings (SSSR count). The lowest BCUT2D eigenvalue weighted by atomic mass is 10.2. The lowest BCUT2D eigenvalue weighted by molar-refractivity contribution is 1.67. The van der Waals surface area contributed by atoms with Crippen LogP contribution in [0.2, 0.25) is 0 Å². The lowest BCUT2D eigenvalue weighted by Crippen LogP contribution is -2.02. The molecule has 1 aromatic carbocycles. The summed E-state index contributed by atoms with van der Waals surface area (Å²) in [5, 5.41) is 1.41. The highest BCUT2D eigenvalue weighted by Gasteiger charge is 1.98. The maximum Gasteiger partial charge on any atom is -0.0214 e. The molecule has 0 aromatic heterocycles. The first-order valence-electron chi connectivity index (χ1n) is 3.30. The Balaban J connectivity index is 3.03. The van der Waals surface area contributed by atoms with E-state index in [4.69, 9.17) is 0 Å². The molecule has 0 aliphatic heterocycles. The normalized spacial score (nSPS) is 10.4. The maximum absolute atomic E-state index is 3.96. The quantitative estimate of drug-likeness (QED) is 0.540. The molecule has 0 bridgehead atoms. The van der Waals surface area contributed by atoms with E-state index < -0.39 is 0 Å². The molecule has 0 nitrogen and oxygen atoms in total. The zero-order valence-corrected chi connectivity index (χ0v) is 7.36. The van der Waals surface area contributed by atoms with Crippen LogP contribution in [0.15, 0.2) is 24.3 Å². The zero-order chi connectivity index (χ0) is 7.56. The number of hydrogen-bond donors (Lipinski definition) is 0. The highest BCUT2D eigenvalue weighted by molar-refractivity contribution is 7.64. The van der Waals surface area contributed by atoms with Crippen LogP contribution in [0.1, 0.15) is 5.56 Å². The summed E-state index contributed by atoms with van der Waals surface area (Å²) in [4.78, 5) is 0. The Kier molecular flexibility index (Phi) is 2.45. The second-order valence-electron chi connectivity index (χ2n) is 2.52. The van der Waals surface area contributed by atoms with Crippen molar-refractivity contribution >= 4 is 13.2 Å². The van der Waals surface area contributed by atoms with Gasteiger partial charge < -0.3 is 0 Å². The van der Waals surface area contributed by atoms with Crippen molar-refractivity contribution in [1.29, 1.82) is 0 Å². The van der Waals surface area contributed by atoms with Gasteiger partial charge in [0, 0.05) is 0 Å². The van der Waals surface area contributed by atoms with Crippen molar-refractivity contribution in [2.24, 2.45) is 0 Å². The van der Waals surface area contributed by atoms with Crippen LogP contribution >= 0.6 is 7.92 Å². The Morgan fingerprint density at radius 1 is 1.20 bits per heavy atom. The summed E-state index contributed by atoms with van der Waals surface area (Å²) in [5.41, 5.74) is 1.18. The third-order valence-corrected chi connectivity index (χ3v) is 2.87. The second kappa shape index (κ2) is 3.16.